The first-order chi connectivity index (χ1) is 12.2. The number of ether oxygens (including phenoxy) is 1. The minimum Gasteiger partial charge on any atom is -0.496 e. The van der Waals surface area contributed by atoms with Crippen molar-refractivity contribution in [1.82, 2.24) is 10.2 Å². The summed E-state index contributed by atoms with van der Waals surface area (Å²) in [4.78, 5) is 16.2. The first-order valence-electron chi connectivity index (χ1n) is 8.56. The Kier molecular flexibility index (Phi) is 7.82. The van der Waals surface area contributed by atoms with Crippen LogP contribution in [-0.2, 0) is 4.79 Å². The van der Waals surface area contributed by atoms with E-state index >= 15 is 0 Å². The number of para-hydroxylation sites is 1. The largest absolute Gasteiger partial charge is 0.496 e. The molecule has 26 heavy (non-hydrogen) atoms. The summed E-state index contributed by atoms with van der Waals surface area (Å²) in [5.74, 6) is 1.00. The van der Waals surface area contributed by atoms with Gasteiger partial charge in [0.15, 0.2) is 0 Å². The van der Waals surface area contributed by atoms with Crippen LogP contribution in [0.2, 0.25) is 0 Å². The normalized spacial score (nSPS) is 17.9. The van der Waals surface area contributed by atoms with E-state index in [9.17, 15) is 4.79 Å². The molecule has 2 atom stereocenters. The summed E-state index contributed by atoms with van der Waals surface area (Å²) in [5.41, 5.74) is 1.06. The van der Waals surface area contributed by atoms with Crippen molar-refractivity contribution in [2.24, 2.45) is 0 Å². The summed E-state index contributed by atoms with van der Waals surface area (Å²) < 4.78 is 5.51. The quantitative estimate of drug-likeness (QED) is 0.786. The number of nitrogens with one attached hydrogen (secondary N) is 1. The molecule has 0 bridgehead atoms. The number of amides is 1. The second-order valence-corrected chi connectivity index (χ2v) is 7.48. The number of nitrogens with zero attached hydrogens (tertiary/aromatic N) is 1. The summed E-state index contributed by atoms with van der Waals surface area (Å²) in [5, 5.41) is 3.27. The molecular formula is C20H25ClN2O2S. The number of carbonyl (C=O) groups excluding carboxylic acids is 1. The van der Waals surface area contributed by atoms with Gasteiger partial charge in [-0.2, -0.15) is 0 Å². The van der Waals surface area contributed by atoms with Crippen molar-refractivity contribution < 1.29 is 9.53 Å². The summed E-state index contributed by atoms with van der Waals surface area (Å²) in [6.45, 7) is 4.26. The first-order valence-corrected chi connectivity index (χ1v) is 9.44. The zero-order valence-corrected chi connectivity index (χ0v) is 16.7. The number of piperazine rings is 1. The molecule has 1 fully saturated rings. The monoisotopic (exact) mass is 392 g/mol. The second-order valence-electron chi connectivity index (χ2n) is 6.07. The summed E-state index contributed by atoms with van der Waals surface area (Å²) in [6.07, 6.45) is 0. The van der Waals surface area contributed by atoms with Gasteiger partial charge in [0.05, 0.1) is 18.4 Å². The van der Waals surface area contributed by atoms with Gasteiger partial charge in [0.1, 0.15) is 5.75 Å². The molecule has 2 unspecified atom stereocenters. The molecule has 2 aromatic rings. The van der Waals surface area contributed by atoms with Crippen LogP contribution in [0.4, 0.5) is 0 Å². The topological polar surface area (TPSA) is 41.6 Å². The zero-order valence-electron chi connectivity index (χ0n) is 15.1. The van der Waals surface area contributed by atoms with E-state index in [2.05, 4.69) is 5.32 Å². The van der Waals surface area contributed by atoms with Crippen LogP contribution < -0.4 is 10.1 Å². The van der Waals surface area contributed by atoms with E-state index < -0.39 is 0 Å². The Morgan fingerprint density at radius 1 is 1.19 bits per heavy atom. The minimum atomic E-state index is -0.127. The lowest BCUT2D eigenvalue weighted by atomic mass is 10.0. The van der Waals surface area contributed by atoms with Crippen LogP contribution in [0, 0.1) is 0 Å². The molecule has 2 aromatic carbocycles. The smallest absolute Gasteiger partial charge is 0.236 e. The molecule has 4 nitrogen and oxygen atoms in total. The van der Waals surface area contributed by atoms with Crippen LogP contribution in [0.3, 0.4) is 0 Å². The highest BCUT2D eigenvalue weighted by Gasteiger charge is 2.32. The lowest BCUT2D eigenvalue weighted by Crippen LogP contribution is -2.50. The fraction of sp³-hybridized carbons (Fsp3) is 0.350. The van der Waals surface area contributed by atoms with Gasteiger partial charge in [-0.1, -0.05) is 36.4 Å². The van der Waals surface area contributed by atoms with E-state index in [0.29, 0.717) is 6.54 Å². The van der Waals surface area contributed by atoms with Crippen molar-refractivity contribution in [3.63, 3.8) is 0 Å². The standard InChI is InChI=1S/C20H24N2O2S.ClH/c1-15(25-16-8-4-3-5-9-16)20(23)22-13-12-21-14-18(22)17-10-6-7-11-19(17)24-2;/h3-11,15,18,21H,12-14H2,1-2H3;1H. The molecule has 0 saturated carbocycles. The Balaban J connectivity index is 0.00000243. The third-order valence-corrected chi connectivity index (χ3v) is 5.53. The van der Waals surface area contributed by atoms with Gasteiger partial charge in [0.2, 0.25) is 5.91 Å². The highest BCUT2D eigenvalue weighted by atomic mass is 35.5. The van der Waals surface area contributed by atoms with Crippen molar-refractivity contribution >= 4 is 30.1 Å². The summed E-state index contributed by atoms with van der Waals surface area (Å²) in [7, 11) is 1.68. The Morgan fingerprint density at radius 2 is 1.88 bits per heavy atom. The first kappa shape index (κ1) is 20.6. The van der Waals surface area contributed by atoms with Crippen LogP contribution in [-0.4, -0.2) is 42.8 Å². The Morgan fingerprint density at radius 3 is 2.62 bits per heavy atom. The number of halogens is 1. The van der Waals surface area contributed by atoms with Crippen molar-refractivity contribution in [3.05, 3.63) is 60.2 Å². The van der Waals surface area contributed by atoms with Crippen LogP contribution in [0.15, 0.2) is 59.5 Å². The predicted octanol–water partition coefficient (Wildman–Crippen LogP) is 3.77. The Hall–Kier alpha value is -1.69. The van der Waals surface area contributed by atoms with Gasteiger partial charge in [-0.05, 0) is 25.1 Å². The van der Waals surface area contributed by atoms with Crippen molar-refractivity contribution in [2.45, 2.75) is 23.1 Å². The minimum absolute atomic E-state index is 0. The van der Waals surface area contributed by atoms with Crippen LogP contribution in [0.25, 0.3) is 0 Å². The van der Waals surface area contributed by atoms with Gasteiger partial charge in [0, 0.05) is 30.1 Å². The van der Waals surface area contributed by atoms with Crippen molar-refractivity contribution in [3.8, 4) is 5.75 Å². The molecule has 1 aliphatic rings. The van der Waals surface area contributed by atoms with Crippen molar-refractivity contribution in [2.75, 3.05) is 26.7 Å². The maximum absolute atomic E-state index is 13.1. The molecule has 3 rings (SSSR count). The highest BCUT2D eigenvalue weighted by Crippen LogP contribution is 2.32. The lowest BCUT2D eigenvalue weighted by Gasteiger charge is -2.38. The number of benzene rings is 2. The maximum atomic E-state index is 13.1. The van der Waals surface area contributed by atoms with Gasteiger partial charge < -0.3 is 15.0 Å². The van der Waals surface area contributed by atoms with Gasteiger partial charge in [0.25, 0.3) is 0 Å². The summed E-state index contributed by atoms with van der Waals surface area (Å²) in [6, 6.07) is 18.0. The Labute approximate surface area is 165 Å². The van der Waals surface area contributed by atoms with Crippen LogP contribution >= 0.6 is 24.2 Å². The lowest BCUT2D eigenvalue weighted by molar-refractivity contribution is -0.133. The molecule has 1 aliphatic heterocycles. The van der Waals surface area contributed by atoms with Crippen molar-refractivity contribution in [1.29, 1.82) is 0 Å². The molecule has 1 amide bonds. The van der Waals surface area contributed by atoms with E-state index in [-0.39, 0.29) is 29.6 Å². The second kappa shape index (κ2) is 9.86. The molecule has 0 radical (unpaired) electrons. The average molecular weight is 393 g/mol. The fourth-order valence-corrected chi connectivity index (χ4v) is 4.13. The third-order valence-electron chi connectivity index (χ3n) is 4.43. The predicted molar refractivity (Wildman–Crippen MR) is 109 cm³/mol. The highest BCUT2D eigenvalue weighted by molar-refractivity contribution is 8.00. The number of methoxy groups -OCH3 is 1. The van der Waals surface area contributed by atoms with Gasteiger partial charge in [-0.25, -0.2) is 0 Å². The molecule has 1 heterocycles. The van der Waals surface area contributed by atoms with E-state index in [1.165, 1.54) is 0 Å². The SMILES string of the molecule is COc1ccccc1C1CNCCN1C(=O)C(C)Sc1ccccc1.Cl. The van der Waals surface area contributed by atoms with Crippen LogP contribution in [0.1, 0.15) is 18.5 Å². The number of thioether (sulfide) groups is 1. The van der Waals surface area contributed by atoms with Gasteiger partial charge >= 0.3 is 0 Å². The van der Waals surface area contributed by atoms with Crippen LogP contribution in [0.5, 0.6) is 5.75 Å². The van der Waals surface area contributed by atoms with E-state index in [4.69, 9.17) is 4.74 Å². The maximum Gasteiger partial charge on any atom is 0.236 e. The zero-order chi connectivity index (χ0) is 17.6. The number of hydrogen-bond donors (Lipinski definition) is 1. The molecule has 6 heteroatoms. The molecular weight excluding hydrogens is 368 g/mol. The number of hydrogen-bond acceptors (Lipinski definition) is 4. The molecule has 0 aliphatic carbocycles. The summed E-state index contributed by atoms with van der Waals surface area (Å²) >= 11 is 1.61. The molecule has 1 N–H and O–H groups in total. The molecule has 140 valence electrons. The van der Waals surface area contributed by atoms with E-state index in [0.717, 1.165) is 29.3 Å². The Bertz CT molecular complexity index is 714. The number of rotatable bonds is 5. The molecule has 0 spiro atoms. The third kappa shape index (κ3) is 4.72. The van der Waals surface area contributed by atoms with E-state index in [1.807, 2.05) is 66.4 Å². The van der Waals surface area contributed by atoms with Gasteiger partial charge in [-0.3, -0.25) is 4.79 Å². The van der Waals surface area contributed by atoms with Gasteiger partial charge in [-0.15, -0.1) is 24.2 Å². The average Bonchev–Trinajstić information content (AvgIpc) is 2.68. The molecule has 0 aromatic heterocycles. The molecule has 1 saturated heterocycles. The number of carbonyl (C=O) groups is 1. The van der Waals surface area contributed by atoms with E-state index in [1.54, 1.807) is 18.9 Å². The fourth-order valence-electron chi connectivity index (χ4n) is 3.17.